The van der Waals surface area contributed by atoms with Gasteiger partial charge < -0.3 is 43.4 Å². The number of rotatable bonds is 14. The number of amides is 4. The Kier molecular flexibility index (Phi) is 12.1. The van der Waals surface area contributed by atoms with E-state index in [0.29, 0.717) is 25.8 Å². The summed E-state index contributed by atoms with van der Waals surface area (Å²) in [5.74, 6) is -4.86. The van der Waals surface area contributed by atoms with Crippen LogP contribution in [0.1, 0.15) is 25.7 Å². The molecule has 0 fully saturated rings. The molecular weight excluding hydrogens is 376 g/mol. The smallest absolute Gasteiger partial charge is 0.328 e. The van der Waals surface area contributed by atoms with Gasteiger partial charge >= 0.3 is 5.97 Å². The molecule has 0 aromatic carbocycles. The monoisotopic (exact) mass is 404 g/mol. The Morgan fingerprint density at radius 3 is 2.11 bits per heavy atom. The zero-order valence-electron chi connectivity index (χ0n) is 15.3. The maximum atomic E-state index is 12.1. The lowest BCUT2D eigenvalue weighted by molar-refractivity contribution is -0.143. The summed E-state index contributed by atoms with van der Waals surface area (Å²) in [6, 6.07) is -3.93. The zero-order chi connectivity index (χ0) is 21.7. The van der Waals surface area contributed by atoms with E-state index in [1.807, 2.05) is 5.32 Å². The van der Waals surface area contributed by atoms with Crippen molar-refractivity contribution in [3.8, 4) is 0 Å². The number of carboxylic acids is 1. The molecule has 28 heavy (non-hydrogen) atoms. The van der Waals surface area contributed by atoms with Crippen LogP contribution in [0.25, 0.3) is 0 Å². The van der Waals surface area contributed by atoms with Crippen molar-refractivity contribution in [3.05, 3.63) is 0 Å². The minimum Gasteiger partial charge on any atom is -0.480 e. The van der Waals surface area contributed by atoms with Crippen LogP contribution in [0.15, 0.2) is 0 Å². The molecule has 0 aliphatic rings. The maximum Gasteiger partial charge on any atom is 0.328 e. The summed E-state index contributed by atoms with van der Waals surface area (Å²) >= 11 is 0. The number of aliphatic hydroxyl groups excluding tert-OH is 1. The molecular formula is C15H28N6O7. The van der Waals surface area contributed by atoms with E-state index >= 15 is 0 Å². The molecule has 160 valence electrons. The molecule has 0 rings (SSSR count). The summed E-state index contributed by atoms with van der Waals surface area (Å²) in [6.45, 7) is -0.941. The normalized spacial score (nSPS) is 13.7. The van der Waals surface area contributed by atoms with Gasteiger partial charge in [0.05, 0.1) is 25.6 Å². The van der Waals surface area contributed by atoms with Crippen LogP contribution in [0, 0.1) is 0 Å². The van der Waals surface area contributed by atoms with E-state index in [0.717, 1.165) is 0 Å². The van der Waals surface area contributed by atoms with E-state index in [4.69, 9.17) is 27.4 Å². The summed E-state index contributed by atoms with van der Waals surface area (Å²) in [5, 5.41) is 24.2. The fourth-order valence-corrected chi connectivity index (χ4v) is 2.05. The number of aliphatic hydroxyl groups is 1. The van der Waals surface area contributed by atoms with Crippen LogP contribution in [-0.2, 0) is 24.0 Å². The molecule has 13 nitrogen and oxygen atoms in total. The van der Waals surface area contributed by atoms with Crippen LogP contribution < -0.4 is 33.2 Å². The zero-order valence-corrected chi connectivity index (χ0v) is 15.3. The second-order valence-corrected chi connectivity index (χ2v) is 5.98. The first-order valence-electron chi connectivity index (χ1n) is 8.57. The number of nitrogens with two attached hydrogens (primary N) is 3. The molecule has 0 spiro atoms. The highest BCUT2D eigenvalue weighted by molar-refractivity contribution is 5.94. The topological polar surface area (TPSA) is 240 Å². The van der Waals surface area contributed by atoms with Crippen LogP contribution in [0.5, 0.6) is 0 Å². The predicted molar refractivity (Wildman–Crippen MR) is 96.3 cm³/mol. The van der Waals surface area contributed by atoms with Gasteiger partial charge in [-0.2, -0.15) is 0 Å². The van der Waals surface area contributed by atoms with Crippen LogP contribution in [0.4, 0.5) is 0 Å². The molecule has 0 radical (unpaired) electrons. The van der Waals surface area contributed by atoms with Crippen molar-refractivity contribution in [1.82, 2.24) is 16.0 Å². The van der Waals surface area contributed by atoms with Gasteiger partial charge in [-0.25, -0.2) is 4.79 Å². The Labute approximate surface area is 161 Å². The van der Waals surface area contributed by atoms with Crippen molar-refractivity contribution in [2.45, 2.75) is 43.8 Å². The second kappa shape index (κ2) is 13.4. The van der Waals surface area contributed by atoms with Crippen molar-refractivity contribution >= 4 is 29.6 Å². The summed E-state index contributed by atoms with van der Waals surface area (Å²) < 4.78 is 0. The maximum absolute atomic E-state index is 12.1. The number of aliphatic carboxylic acids is 1. The van der Waals surface area contributed by atoms with Crippen LogP contribution in [-0.4, -0.2) is 77.6 Å². The molecule has 0 aromatic heterocycles. The lowest BCUT2D eigenvalue weighted by atomic mass is 10.1. The van der Waals surface area contributed by atoms with Gasteiger partial charge in [0.25, 0.3) is 0 Å². The highest BCUT2D eigenvalue weighted by Gasteiger charge is 2.27. The first-order valence-corrected chi connectivity index (χ1v) is 8.57. The third kappa shape index (κ3) is 10.4. The van der Waals surface area contributed by atoms with Gasteiger partial charge in [-0.15, -0.1) is 0 Å². The number of carbonyl (C=O) groups excluding carboxylic acids is 4. The van der Waals surface area contributed by atoms with Crippen LogP contribution in [0.3, 0.4) is 0 Å². The van der Waals surface area contributed by atoms with Crippen molar-refractivity contribution in [2.24, 2.45) is 17.2 Å². The number of unbranched alkanes of at least 4 members (excludes halogenated alkanes) is 1. The SMILES string of the molecule is NCCCC[C@H](N)C(=O)NCC(=O)N[C@@H](CC(N)=O)C(=O)N[C@@H](CO)C(=O)O. The second-order valence-electron chi connectivity index (χ2n) is 5.98. The summed E-state index contributed by atoms with van der Waals surface area (Å²) in [7, 11) is 0. The molecule has 11 N–H and O–H groups in total. The Morgan fingerprint density at radius 2 is 1.61 bits per heavy atom. The number of nitrogens with one attached hydrogen (secondary N) is 3. The molecule has 0 bridgehead atoms. The highest BCUT2D eigenvalue weighted by Crippen LogP contribution is 1.98. The Balaban J connectivity index is 4.68. The van der Waals surface area contributed by atoms with Gasteiger partial charge in [-0.3, -0.25) is 19.2 Å². The van der Waals surface area contributed by atoms with Crippen LogP contribution >= 0.6 is 0 Å². The van der Waals surface area contributed by atoms with E-state index in [1.165, 1.54) is 0 Å². The van der Waals surface area contributed by atoms with Crippen molar-refractivity contribution in [3.63, 3.8) is 0 Å². The summed E-state index contributed by atoms with van der Waals surface area (Å²) in [4.78, 5) is 57.7. The third-order valence-electron chi connectivity index (χ3n) is 3.58. The van der Waals surface area contributed by atoms with Crippen LogP contribution in [0.2, 0.25) is 0 Å². The minimum atomic E-state index is -1.62. The first kappa shape index (κ1) is 25.2. The first-order chi connectivity index (χ1) is 13.1. The molecule has 4 amide bonds. The summed E-state index contributed by atoms with van der Waals surface area (Å²) in [5.41, 5.74) is 16.0. The van der Waals surface area contributed by atoms with Gasteiger partial charge in [-0.05, 0) is 19.4 Å². The largest absolute Gasteiger partial charge is 0.480 e. The number of hydrogen-bond acceptors (Lipinski definition) is 8. The van der Waals surface area contributed by atoms with E-state index < -0.39 is 67.3 Å². The average molecular weight is 404 g/mol. The van der Waals surface area contributed by atoms with E-state index in [9.17, 15) is 24.0 Å². The number of carbonyl (C=O) groups is 5. The highest BCUT2D eigenvalue weighted by atomic mass is 16.4. The van der Waals surface area contributed by atoms with Gasteiger partial charge in [0.15, 0.2) is 0 Å². The molecule has 13 heteroatoms. The molecule has 0 saturated carbocycles. The van der Waals surface area contributed by atoms with E-state index in [-0.39, 0.29) is 0 Å². The lowest BCUT2D eigenvalue weighted by Crippen LogP contribution is -2.55. The van der Waals surface area contributed by atoms with Crippen molar-refractivity contribution < 1.29 is 34.2 Å². The average Bonchev–Trinajstić information content (AvgIpc) is 2.62. The number of hydrogen-bond donors (Lipinski definition) is 8. The Hall–Kier alpha value is -2.77. The fourth-order valence-electron chi connectivity index (χ4n) is 2.05. The third-order valence-corrected chi connectivity index (χ3v) is 3.58. The minimum absolute atomic E-state index is 0.384. The molecule has 0 unspecified atom stereocenters. The molecule has 0 saturated heterocycles. The quantitative estimate of drug-likeness (QED) is 0.130. The van der Waals surface area contributed by atoms with E-state index in [1.54, 1.807) is 0 Å². The predicted octanol–water partition coefficient (Wildman–Crippen LogP) is -4.52. The lowest BCUT2D eigenvalue weighted by Gasteiger charge is -2.20. The van der Waals surface area contributed by atoms with Gasteiger partial charge in [0.1, 0.15) is 12.1 Å². The van der Waals surface area contributed by atoms with Gasteiger partial charge in [-0.1, -0.05) is 6.42 Å². The molecule has 3 atom stereocenters. The van der Waals surface area contributed by atoms with Gasteiger partial charge in [0.2, 0.25) is 23.6 Å². The number of primary amides is 1. The van der Waals surface area contributed by atoms with E-state index in [2.05, 4.69) is 10.6 Å². The summed E-state index contributed by atoms with van der Waals surface area (Å²) in [6.07, 6.45) is 1.13. The van der Waals surface area contributed by atoms with Crippen molar-refractivity contribution in [1.29, 1.82) is 0 Å². The standard InChI is InChI=1S/C15H28N6O7/c16-4-2-1-3-8(17)13(25)19-6-12(24)20-9(5-11(18)23)14(26)21-10(7-22)15(27)28/h8-10,22H,1-7,16-17H2,(H2,18,23)(H,19,25)(H,20,24)(H,21,26)(H,27,28)/t8-,9-,10-/m0/s1. The molecule has 0 heterocycles. The fraction of sp³-hybridized carbons (Fsp3) is 0.667. The number of carboxylic acid groups (broad SMARTS) is 1. The Morgan fingerprint density at radius 1 is 0.964 bits per heavy atom. The molecule has 0 aliphatic carbocycles. The van der Waals surface area contributed by atoms with Crippen molar-refractivity contribution in [2.75, 3.05) is 19.7 Å². The van der Waals surface area contributed by atoms with Gasteiger partial charge in [0, 0.05) is 0 Å². The molecule has 0 aliphatic heterocycles. The Bertz CT molecular complexity index is 571. The molecule has 0 aromatic rings.